The topological polar surface area (TPSA) is 38.0 Å². The van der Waals surface area contributed by atoms with E-state index in [1.807, 2.05) is 6.08 Å². The van der Waals surface area contributed by atoms with Crippen molar-refractivity contribution in [2.75, 3.05) is 0 Å². The molecule has 3 heteroatoms. The molecule has 0 spiro atoms. The molecule has 3 rings (SSSR count). The highest BCUT2D eigenvalue weighted by atomic mass is 16.3. The monoisotopic (exact) mass is 232 g/mol. The number of hydrogen-bond donors (Lipinski definition) is 1. The molecule has 1 aromatic heterocycles. The van der Waals surface area contributed by atoms with Gasteiger partial charge in [0.15, 0.2) is 0 Å². The van der Waals surface area contributed by atoms with Gasteiger partial charge in [-0.1, -0.05) is 24.5 Å². The van der Waals surface area contributed by atoms with Gasteiger partial charge >= 0.3 is 0 Å². The first kappa shape index (κ1) is 11.0. The minimum Gasteiger partial charge on any atom is -0.389 e. The summed E-state index contributed by atoms with van der Waals surface area (Å²) in [6.07, 6.45) is 12.0. The molecule has 1 atom stereocenters. The smallest absolute Gasteiger partial charge is 0.0726 e. The number of rotatable bonds is 3. The minimum absolute atomic E-state index is 0.220. The highest BCUT2D eigenvalue weighted by molar-refractivity contribution is 5.19. The third-order valence-corrected chi connectivity index (χ3v) is 3.96. The fourth-order valence-electron chi connectivity index (χ4n) is 3.00. The molecule has 0 radical (unpaired) electrons. The Morgan fingerprint density at radius 3 is 2.82 bits per heavy atom. The molecule has 1 fully saturated rings. The van der Waals surface area contributed by atoms with Crippen molar-refractivity contribution in [3.8, 4) is 0 Å². The average molecular weight is 232 g/mol. The number of aromatic nitrogens is 2. The molecule has 1 saturated carbocycles. The molecule has 0 amide bonds. The largest absolute Gasteiger partial charge is 0.389 e. The molecule has 2 aliphatic carbocycles. The van der Waals surface area contributed by atoms with E-state index in [1.54, 1.807) is 0 Å². The maximum Gasteiger partial charge on any atom is 0.0726 e. The van der Waals surface area contributed by atoms with E-state index in [1.165, 1.54) is 31.3 Å². The normalized spacial score (nSPS) is 25.5. The molecule has 0 bridgehead atoms. The van der Waals surface area contributed by atoms with Crippen LogP contribution in [0.2, 0.25) is 0 Å². The molecule has 1 heterocycles. The molecule has 0 aromatic carbocycles. The molecule has 17 heavy (non-hydrogen) atoms. The molecule has 3 nitrogen and oxygen atoms in total. The molecular weight excluding hydrogens is 212 g/mol. The molecule has 1 aromatic rings. The van der Waals surface area contributed by atoms with Gasteiger partial charge < -0.3 is 5.11 Å². The van der Waals surface area contributed by atoms with E-state index in [2.05, 4.69) is 22.0 Å². The van der Waals surface area contributed by atoms with Crippen LogP contribution in [-0.4, -0.2) is 21.0 Å². The van der Waals surface area contributed by atoms with Crippen LogP contribution in [0.15, 0.2) is 23.9 Å². The van der Waals surface area contributed by atoms with Crippen LogP contribution >= 0.6 is 0 Å². The summed E-state index contributed by atoms with van der Waals surface area (Å²) in [5.41, 5.74) is 2.49. The summed E-state index contributed by atoms with van der Waals surface area (Å²) >= 11 is 0. The van der Waals surface area contributed by atoms with E-state index in [-0.39, 0.29) is 6.10 Å². The lowest BCUT2D eigenvalue weighted by Crippen LogP contribution is -2.05. The first-order chi connectivity index (χ1) is 8.31. The van der Waals surface area contributed by atoms with Gasteiger partial charge in [0.05, 0.1) is 17.8 Å². The quantitative estimate of drug-likeness (QED) is 0.813. The van der Waals surface area contributed by atoms with E-state index in [0.717, 1.165) is 25.0 Å². The maximum atomic E-state index is 9.45. The van der Waals surface area contributed by atoms with E-state index >= 15 is 0 Å². The van der Waals surface area contributed by atoms with Crippen LogP contribution in [-0.2, 0) is 6.42 Å². The van der Waals surface area contributed by atoms with Gasteiger partial charge in [0.1, 0.15) is 0 Å². The predicted octanol–water partition coefficient (Wildman–Crippen LogP) is 2.62. The standard InChI is InChI=1S/C14H20N2O/c17-14-6-5-11(10-14)9-12-7-8-16(15-12)13-3-1-2-4-13/h7-8,10,13-14,17H,1-6,9H2. The Bertz CT molecular complexity index is 416. The Labute approximate surface area is 102 Å². The number of allylic oxidation sites excluding steroid dienone is 1. The SMILES string of the molecule is OC1C=C(Cc2ccn(C3CCCC3)n2)CC1. The van der Waals surface area contributed by atoms with Crippen molar-refractivity contribution >= 4 is 0 Å². The highest BCUT2D eigenvalue weighted by Gasteiger charge is 2.18. The Kier molecular flexibility index (Phi) is 3.02. The van der Waals surface area contributed by atoms with Gasteiger partial charge in [-0.05, 0) is 31.7 Å². The van der Waals surface area contributed by atoms with E-state index in [9.17, 15) is 5.11 Å². The first-order valence-corrected chi connectivity index (χ1v) is 6.73. The summed E-state index contributed by atoms with van der Waals surface area (Å²) in [5, 5.41) is 14.1. The van der Waals surface area contributed by atoms with Crippen molar-refractivity contribution < 1.29 is 5.11 Å². The number of hydrogen-bond acceptors (Lipinski definition) is 2. The second kappa shape index (κ2) is 4.65. The third kappa shape index (κ3) is 2.44. The van der Waals surface area contributed by atoms with E-state index < -0.39 is 0 Å². The van der Waals surface area contributed by atoms with Crippen molar-refractivity contribution in [2.45, 2.75) is 57.1 Å². The van der Waals surface area contributed by atoms with Gasteiger partial charge in [-0.3, -0.25) is 4.68 Å². The van der Waals surface area contributed by atoms with Crippen LogP contribution in [0.4, 0.5) is 0 Å². The fourth-order valence-corrected chi connectivity index (χ4v) is 3.00. The van der Waals surface area contributed by atoms with Crippen molar-refractivity contribution in [1.29, 1.82) is 0 Å². The lowest BCUT2D eigenvalue weighted by Gasteiger charge is -2.08. The minimum atomic E-state index is -0.220. The van der Waals surface area contributed by atoms with Crippen LogP contribution in [0, 0.1) is 0 Å². The van der Waals surface area contributed by atoms with Crippen molar-refractivity contribution in [3.63, 3.8) is 0 Å². The highest BCUT2D eigenvalue weighted by Crippen LogP contribution is 2.29. The van der Waals surface area contributed by atoms with Crippen LogP contribution in [0.25, 0.3) is 0 Å². The Morgan fingerprint density at radius 2 is 2.12 bits per heavy atom. The Balaban J connectivity index is 1.66. The lowest BCUT2D eigenvalue weighted by atomic mass is 10.1. The Hall–Kier alpha value is -1.09. The molecule has 1 unspecified atom stereocenters. The van der Waals surface area contributed by atoms with Crippen molar-refractivity contribution in [2.24, 2.45) is 0 Å². The lowest BCUT2D eigenvalue weighted by molar-refractivity contribution is 0.223. The number of aliphatic hydroxyl groups excluding tert-OH is 1. The molecule has 2 aliphatic rings. The first-order valence-electron chi connectivity index (χ1n) is 6.73. The summed E-state index contributed by atoms with van der Waals surface area (Å²) in [7, 11) is 0. The summed E-state index contributed by atoms with van der Waals surface area (Å²) in [6, 6.07) is 2.76. The molecular formula is C14H20N2O. The van der Waals surface area contributed by atoms with Gasteiger partial charge in [0.25, 0.3) is 0 Å². The predicted molar refractivity (Wildman–Crippen MR) is 66.8 cm³/mol. The van der Waals surface area contributed by atoms with E-state index in [4.69, 9.17) is 0 Å². The van der Waals surface area contributed by atoms with Crippen LogP contribution < -0.4 is 0 Å². The summed E-state index contributed by atoms with van der Waals surface area (Å²) < 4.78 is 2.15. The van der Waals surface area contributed by atoms with Gasteiger partial charge in [-0.15, -0.1) is 0 Å². The van der Waals surface area contributed by atoms with Crippen LogP contribution in [0.1, 0.15) is 50.3 Å². The fraction of sp³-hybridized carbons (Fsp3) is 0.643. The van der Waals surface area contributed by atoms with Gasteiger partial charge in [0.2, 0.25) is 0 Å². The van der Waals surface area contributed by atoms with Crippen LogP contribution in [0.3, 0.4) is 0 Å². The van der Waals surface area contributed by atoms with Crippen molar-refractivity contribution in [1.82, 2.24) is 9.78 Å². The van der Waals surface area contributed by atoms with Crippen molar-refractivity contribution in [3.05, 3.63) is 29.6 Å². The zero-order chi connectivity index (χ0) is 11.7. The summed E-state index contributed by atoms with van der Waals surface area (Å²) in [4.78, 5) is 0. The maximum absolute atomic E-state index is 9.45. The number of nitrogens with zero attached hydrogens (tertiary/aromatic N) is 2. The second-order valence-corrected chi connectivity index (χ2v) is 5.33. The average Bonchev–Trinajstić information content (AvgIpc) is 3.00. The van der Waals surface area contributed by atoms with Gasteiger partial charge in [-0.2, -0.15) is 5.10 Å². The molecule has 0 aliphatic heterocycles. The van der Waals surface area contributed by atoms with Gasteiger partial charge in [-0.25, -0.2) is 0 Å². The van der Waals surface area contributed by atoms with E-state index in [0.29, 0.717) is 6.04 Å². The molecule has 0 saturated heterocycles. The summed E-state index contributed by atoms with van der Waals surface area (Å²) in [6.45, 7) is 0. The zero-order valence-corrected chi connectivity index (χ0v) is 10.2. The molecule has 92 valence electrons. The third-order valence-electron chi connectivity index (χ3n) is 3.96. The second-order valence-electron chi connectivity index (χ2n) is 5.33. The number of aliphatic hydroxyl groups is 1. The zero-order valence-electron chi connectivity index (χ0n) is 10.2. The van der Waals surface area contributed by atoms with Crippen LogP contribution in [0.5, 0.6) is 0 Å². The summed E-state index contributed by atoms with van der Waals surface area (Å²) in [5.74, 6) is 0. The Morgan fingerprint density at radius 1 is 1.29 bits per heavy atom. The van der Waals surface area contributed by atoms with Gasteiger partial charge in [0, 0.05) is 12.6 Å². The molecule has 1 N–H and O–H groups in total.